The van der Waals surface area contributed by atoms with Gasteiger partial charge in [-0.2, -0.15) is 0 Å². The molecule has 0 saturated carbocycles. The van der Waals surface area contributed by atoms with Gasteiger partial charge in [0.1, 0.15) is 0 Å². The van der Waals surface area contributed by atoms with Gasteiger partial charge in [-0.1, -0.05) is 59.3 Å². The van der Waals surface area contributed by atoms with Gasteiger partial charge in [-0.25, -0.2) is 0 Å². The Morgan fingerprint density at radius 3 is 1.82 bits per heavy atom. The molecular formula is C14H31AlO2. The maximum Gasteiger partial charge on any atom is 0.674 e. The van der Waals surface area contributed by atoms with Gasteiger partial charge in [0.05, 0.1) is 0 Å². The lowest BCUT2D eigenvalue weighted by Crippen LogP contribution is -2.28. The zero-order valence-electron chi connectivity index (χ0n) is 12.3. The largest absolute Gasteiger partial charge is 0.674 e. The Hall–Kier alpha value is 0.452. The van der Waals surface area contributed by atoms with E-state index in [0.717, 1.165) is 0 Å². The molecule has 0 aliphatic rings. The van der Waals surface area contributed by atoms with Gasteiger partial charge in [-0.05, 0) is 18.1 Å². The highest BCUT2D eigenvalue weighted by atomic mass is 27.2. The van der Waals surface area contributed by atoms with Crippen molar-refractivity contribution in [2.75, 3.05) is 7.11 Å². The summed E-state index contributed by atoms with van der Waals surface area (Å²) in [5.41, 5.74) is 0. The molecule has 0 aliphatic heterocycles. The molecule has 0 aliphatic carbocycles. The van der Waals surface area contributed by atoms with E-state index >= 15 is 0 Å². The minimum absolute atomic E-state index is 0.461. The third-order valence-electron chi connectivity index (χ3n) is 3.16. The molecule has 0 atom stereocenters. The smallest absolute Gasteiger partial charge is 0.481 e. The van der Waals surface area contributed by atoms with E-state index in [-0.39, 0.29) is 0 Å². The number of rotatable bonds is 12. The van der Waals surface area contributed by atoms with Gasteiger partial charge in [-0.15, -0.1) is 0 Å². The van der Waals surface area contributed by atoms with Crippen LogP contribution in [0.2, 0.25) is 5.28 Å². The maximum atomic E-state index is 6.22. The first-order chi connectivity index (χ1) is 8.28. The normalized spacial score (nSPS) is 11.1. The molecule has 0 bridgehead atoms. The monoisotopic (exact) mass is 258 g/mol. The highest BCUT2D eigenvalue weighted by Crippen LogP contribution is 2.16. The van der Waals surface area contributed by atoms with Crippen LogP contribution in [-0.2, 0) is 7.58 Å². The molecule has 0 rings (SSSR count). The van der Waals surface area contributed by atoms with Crippen LogP contribution in [0.4, 0.5) is 0 Å². The molecule has 0 unspecified atom stereocenters. The highest BCUT2D eigenvalue weighted by molar-refractivity contribution is 6.44. The summed E-state index contributed by atoms with van der Waals surface area (Å²) in [6.07, 6.45) is 10.5. The van der Waals surface area contributed by atoms with Crippen LogP contribution in [0.5, 0.6) is 0 Å². The average Bonchev–Trinajstić information content (AvgIpc) is 2.36. The van der Waals surface area contributed by atoms with Crippen LogP contribution in [0.1, 0.15) is 72.1 Å². The fourth-order valence-electron chi connectivity index (χ4n) is 1.97. The highest BCUT2D eigenvalue weighted by Gasteiger charge is 2.26. The molecule has 0 N–H and O–H groups in total. The van der Waals surface area contributed by atoms with Crippen molar-refractivity contribution in [2.45, 2.75) is 83.5 Å². The summed E-state index contributed by atoms with van der Waals surface area (Å²) < 4.78 is 11.8. The lowest BCUT2D eigenvalue weighted by molar-refractivity contribution is 0.130. The summed E-state index contributed by atoms with van der Waals surface area (Å²) in [4.78, 5) is 0. The Bertz CT molecular complexity index is 145. The Labute approximate surface area is 113 Å². The molecule has 17 heavy (non-hydrogen) atoms. The fourth-order valence-corrected chi connectivity index (χ4v) is 3.90. The maximum absolute atomic E-state index is 6.22. The van der Waals surface area contributed by atoms with E-state index in [2.05, 4.69) is 20.8 Å². The third kappa shape index (κ3) is 10.1. The molecule has 2 nitrogen and oxygen atoms in total. The van der Waals surface area contributed by atoms with Crippen molar-refractivity contribution < 1.29 is 7.58 Å². The molecule has 0 spiro atoms. The van der Waals surface area contributed by atoms with E-state index in [1.807, 2.05) is 7.11 Å². The lowest BCUT2D eigenvalue weighted by atomic mass is 10.1. The van der Waals surface area contributed by atoms with Crippen LogP contribution >= 0.6 is 0 Å². The SMILES string of the molecule is CCCCC(CCCC)[O][Al]([CH2]CCC)[O]C. The zero-order valence-corrected chi connectivity index (χ0v) is 13.5. The van der Waals surface area contributed by atoms with Crippen molar-refractivity contribution >= 4 is 14.8 Å². The molecule has 0 heterocycles. The van der Waals surface area contributed by atoms with Crippen LogP contribution in [0, 0.1) is 0 Å². The lowest BCUT2D eigenvalue weighted by Gasteiger charge is -2.21. The Balaban J connectivity index is 3.97. The van der Waals surface area contributed by atoms with E-state index < -0.39 is 14.8 Å². The van der Waals surface area contributed by atoms with Gasteiger partial charge < -0.3 is 7.58 Å². The minimum atomic E-state index is -1.37. The quantitative estimate of drug-likeness (QED) is 0.473. The molecule has 102 valence electrons. The summed E-state index contributed by atoms with van der Waals surface area (Å²) in [7, 11) is 1.82. The van der Waals surface area contributed by atoms with Crippen molar-refractivity contribution in [1.29, 1.82) is 0 Å². The predicted molar refractivity (Wildman–Crippen MR) is 76.4 cm³/mol. The fraction of sp³-hybridized carbons (Fsp3) is 1.00. The summed E-state index contributed by atoms with van der Waals surface area (Å²) in [5.74, 6) is 0. The second-order valence-corrected chi connectivity index (χ2v) is 7.03. The standard InChI is InChI=1S/C9H19O.C4H9.CH3O.Al/c1-3-5-7-9(10)8-6-4-2;1-3-4-2;1-2;/h9H,3-8H2,1-2H3;1,3-4H2,2H3;1H3;/q-1;;-1;+2. The Kier molecular flexibility index (Phi) is 13.2. The van der Waals surface area contributed by atoms with Gasteiger partial charge in [0.15, 0.2) is 0 Å². The Morgan fingerprint density at radius 1 is 0.882 bits per heavy atom. The van der Waals surface area contributed by atoms with E-state index in [0.29, 0.717) is 6.10 Å². The van der Waals surface area contributed by atoms with Gasteiger partial charge in [0, 0.05) is 13.2 Å². The van der Waals surface area contributed by atoms with Crippen molar-refractivity contribution in [3.8, 4) is 0 Å². The van der Waals surface area contributed by atoms with Crippen molar-refractivity contribution in [2.24, 2.45) is 0 Å². The van der Waals surface area contributed by atoms with Crippen molar-refractivity contribution in [3.05, 3.63) is 0 Å². The molecule has 0 aromatic carbocycles. The van der Waals surface area contributed by atoms with Crippen molar-refractivity contribution in [1.82, 2.24) is 0 Å². The van der Waals surface area contributed by atoms with Gasteiger partial charge >= 0.3 is 14.8 Å². The van der Waals surface area contributed by atoms with E-state index in [4.69, 9.17) is 7.58 Å². The first kappa shape index (κ1) is 17.5. The zero-order chi connectivity index (χ0) is 12.9. The van der Waals surface area contributed by atoms with Gasteiger partial charge in [-0.3, -0.25) is 0 Å². The van der Waals surface area contributed by atoms with Gasteiger partial charge in [0.25, 0.3) is 0 Å². The van der Waals surface area contributed by atoms with Crippen LogP contribution in [0.3, 0.4) is 0 Å². The summed E-state index contributed by atoms with van der Waals surface area (Å²) in [5, 5.41) is 1.17. The first-order valence-electron chi connectivity index (χ1n) is 7.46. The second kappa shape index (κ2) is 12.9. The van der Waals surface area contributed by atoms with E-state index in [9.17, 15) is 0 Å². The molecule has 0 radical (unpaired) electrons. The molecule has 0 aromatic rings. The predicted octanol–water partition coefficient (Wildman–Crippen LogP) is 4.69. The number of hydrogen-bond acceptors (Lipinski definition) is 2. The molecule has 0 aromatic heterocycles. The summed E-state index contributed by atoms with van der Waals surface area (Å²) in [6, 6.07) is 0. The number of hydrogen-bond donors (Lipinski definition) is 0. The minimum Gasteiger partial charge on any atom is -0.481 e. The second-order valence-electron chi connectivity index (χ2n) is 4.85. The molecule has 0 fully saturated rings. The van der Waals surface area contributed by atoms with Crippen LogP contribution < -0.4 is 0 Å². The molecule has 3 heteroatoms. The van der Waals surface area contributed by atoms with Crippen molar-refractivity contribution in [3.63, 3.8) is 0 Å². The van der Waals surface area contributed by atoms with Crippen LogP contribution in [0.15, 0.2) is 0 Å². The van der Waals surface area contributed by atoms with Gasteiger partial charge in [0.2, 0.25) is 0 Å². The van der Waals surface area contributed by atoms with Crippen LogP contribution in [0.25, 0.3) is 0 Å². The van der Waals surface area contributed by atoms with E-state index in [1.165, 1.54) is 56.6 Å². The Morgan fingerprint density at radius 2 is 1.41 bits per heavy atom. The summed E-state index contributed by atoms with van der Waals surface area (Å²) in [6.45, 7) is 6.73. The van der Waals surface area contributed by atoms with E-state index in [1.54, 1.807) is 0 Å². The van der Waals surface area contributed by atoms with Crippen LogP contribution in [-0.4, -0.2) is 28.0 Å². The molecule has 0 saturated heterocycles. The topological polar surface area (TPSA) is 18.5 Å². The molecular weight excluding hydrogens is 227 g/mol. The third-order valence-corrected chi connectivity index (χ3v) is 5.25. The first-order valence-corrected chi connectivity index (χ1v) is 9.22. The number of unbranched alkanes of at least 4 members (excludes halogenated alkanes) is 3. The summed E-state index contributed by atoms with van der Waals surface area (Å²) >= 11 is -1.37. The molecule has 0 amide bonds. The average molecular weight is 258 g/mol.